The number of aryl methyl sites for hydroxylation is 2. The van der Waals surface area contributed by atoms with Gasteiger partial charge in [0, 0.05) is 49.0 Å². The Morgan fingerprint density at radius 2 is 1.13 bits per heavy atom. The van der Waals surface area contributed by atoms with Crippen molar-refractivity contribution in [2.24, 2.45) is 0 Å². The van der Waals surface area contributed by atoms with Crippen LogP contribution in [0.4, 0.5) is 0 Å². The van der Waals surface area contributed by atoms with E-state index in [1.807, 2.05) is 6.07 Å². The first kappa shape index (κ1) is 34.0. The Morgan fingerprint density at radius 1 is 0.492 bits per heavy atom. The molecule has 0 spiro atoms. The molecular weight excluding hydrogens is 749 g/mol. The average molecular weight is 785 g/mol. The highest BCUT2D eigenvalue weighted by Crippen LogP contribution is 2.49. The van der Waals surface area contributed by atoms with Crippen LogP contribution in [0.25, 0.3) is 121 Å². The molecule has 9 aromatic carbocycles. The summed E-state index contributed by atoms with van der Waals surface area (Å²) < 4.78 is 17.5. The number of furan rings is 1. The lowest BCUT2D eigenvalue weighted by atomic mass is 9.98. The number of hydrogen-bond donors (Lipinski definition) is 0. The van der Waals surface area contributed by atoms with E-state index < -0.39 is 0 Å². The summed E-state index contributed by atoms with van der Waals surface area (Å²) in [6.07, 6.45) is 0. The van der Waals surface area contributed by atoms with Crippen molar-refractivity contribution >= 4 is 98.0 Å². The first-order valence-corrected chi connectivity index (χ1v) is 20.7. The minimum atomic E-state index is 0.573. The molecule has 4 aromatic heterocycles. The summed E-state index contributed by atoms with van der Waals surface area (Å²) in [5, 5.41) is 12.4. The molecule has 288 valence electrons. The summed E-state index contributed by atoms with van der Waals surface area (Å²) in [6, 6.07) is 58.5. The van der Waals surface area contributed by atoms with E-state index in [0.29, 0.717) is 11.5 Å². The number of benzene rings is 9. The maximum atomic E-state index is 6.81. The average Bonchev–Trinajstić information content (AvgIpc) is 3.97. The van der Waals surface area contributed by atoms with E-state index in [2.05, 4.69) is 181 Å². The third-order valence-corrected chi connectivity index (χ3v) is 12.6. The summed E-state index contributed by atoms with van der Waals surface area (Å²) in [5.41, 5.74) is 11.8. The second-order valence-corrected chi connectivity index (χ2v) is 16.3. The maximum absolute atomic E-state index is 6.81. The molecule has 0 amide bonds. The number of para-hydroxylation sites is 1. The summed E-state index contributed by atoms with van der Waals surface area (Å²) in [5.74, 6) is 1.36. The number of hydrogen-bond acceptors (Lipinski definition) is 4. The fourth-order valence-electron chi connectivity index (χ4n) is 10.2. The standard InChI is InChI=1S/C55H36N4O2/c1-31-27-32(2)29-35(28-31)49-54-50(46-38-17-9-7-13-33(38)22-26-45(46)61-54)57-55(56-49)59-44-25-23-37(60-3)30-43(44)48-47-42-24-21-34-14-8-10-18-39(34)51(42)58(36-15-5-4-6-16-36)52(47)40-19-11-12-20-41(40)53(48)59/h4-30H,1-3H3. The van der Waals surface area contributed by atoms with Crippen molar-refractivity contribution in [3.05, 3.63) is 175 Å². The highest BCUT2D eigenvalue weighted by atomic mass is 16.5. The zero-order valence-electron chi connectivity index (χ0n) is 33.7. The minimum Gasteiger partial charge on any atom is -0.497 e. The topological polar surface area (TPSA) is 58.0 Å². The molecular formula is C55H36N4O2. The lowest BCUT2D eigenvalue weighted by Crippen LogP contribution is -2.03. The molecule has 0 fully saturated rings. The Morgan fingerprint density at radius 3 is 1.89 bits per heavy atom. The van der Waals surface area contributed by atoms with Gasteiger partial charge in [-0.2, -0.15) is 0 Å². The third kappa shape index (κ3) is 4.73. The van der Waals surface area contributed by atoms with Crippen LogP contribution in [0.1, 0.15) is 11.1 Å². The van der Waals surface area contributed by atoms with Crippen molar-refractivity contribution in [1.82, 2.24) is 19.1 Å². The summed E-state index contributed by atoms with van der Waals surface area (Å²) >= 11 is 0. The fraction of sp³-hybridized carbons (Fsp3) is 0.0545. The van der Waals surface area contributed by atoms with E-state index in [-0.39, 0.29) is 0 Å². The molecule has 13 aromatic rings. The van der Waals surface area contributed by atoms with E-state index in [1.165, 1.54) is 27.1 Å². The normalized spacial score (nSPS) is 12.2. The molecule has 0 N–H and O–H groups in total. The van der Waals surface area contributed by atoms with Crippen LogP contribution in [0.3, 0.4) is 0 Å². The number of aromatic nitrogens is 4. The van der Waals surface area contributed by atoms with Gasteiger partial charge in [0.1, 0.15) is 22.5 Å². The van der Waals surface area contributed by atoms with Crippen molar-refractivity contribution in [2.75, 3.05) is 7.11 Å². The van der Waals surface area contributed by atoms with Crippen molar-refractivity contribution in [2.45, 2.75) is 13.8 Å². The Labute approximate surface area is 349 Å². The Kier molecular flexibility index (Phi) is 6.97. The van der Waals surface area contributed by atoms with Crippen LogP contribution < -0.4 is 4.74 Å². The van der Waals surface area contributed by atoms with E-state index in [4.69, 9.17) is 19.1 Å². The smallest absolute Gasteiger partial charge is 0.236 e. The van der Waals surface area contributed by atoms with E-state index in [1.54, 1.807) is 7.11 Å². The molecule has 0 aliphatic heterocycles. The Hall–Kier alpha value is -7.96. The van der Waals surface area contributed by atoms with E-state index >= 15 is 0 Å². The molecule has 61 heavy (non-hydrogen) atoms. The molecule has 0 saturated carbocycles. The van der Waals surface area contributed by atoms with Crippen LogP contribution in [0.2, 0.25) is 0 Å². The first-order valence-electron chi connectivity index (χ1n) is 20.7. The number of nitrogens with zero attached hydrogens (tertiary/aromatic N) is 4. The first-order chi connectivity index (χ1) is 30.0. The van der Waals surface area contributed by atoms with Crippen molar-refractivity contribution in [3.63, 3.8) is 0 Å². The van der Waals surface area contributed by atoms with Gasteiger partial charge in [-0.1, -0.05) is 126 Å². The second-order valence-electron chi connectivity index (χ2n) is 16.3. The van der Waals surface area contributed by atoms with Gasteiger partial charge in [-0.25, -0.2) is 9.97 Å². The molecule has 6 nitrogen and oxygen atoms in total. The largest absolute Gasteiger partial charge is 0.497 e. The van der Waals surface area contributed by atoms with Crippen LogP contribution in [-0.4, -0.2) is 26.2 Å². The zero-order valence-corrected chi connectivity index (χ0v) is 33.7. The van der Waals surface area contributed by atoms with Gasteiger partial charge >= 0.3 is 0 Å². The second kappa shape index (κ2) is 12.5. The summed E-state index contributed by atoms with van der Waals surface area (Å²) in [4.78, 5) is 11.2. The van der Waals surface area contributed by atoms with Gasteiger partial charge in [0.25, 0.3) is 0 Å². The number of ether oxygens (including phenoxy) is 1. The molecule has 0 bridgehead atoms. The molecule has 6 heteroatoms. The number of rotatable bonds is 4. The lowest BCUT2D eigenvalue weighted by molar-refractivity contribution is 0.415. The van der Waals surface area contributed by atoms with Crippen molar-refractivity contribution in [1.29, 1.82) is 0 Å². The van der Waals surface area contributed by atoms with Crippen LogP contribution in [-0.2, 0) is 0 Å². The molecule has 0 aliphatic carbocycles. The van der Waals surface area contributed by atoms with Gasteiger partial charge in [-0.3, -0.25) is 4.57 Å². The minimum absolute atomic E-state index is 0.573. The maximum Gasteiger partial charge on any atom is 0.236 e. The zero-order chi connectivity index (χ0) is 40.5. The molecule has 0 saturated heterocycles. The van der Waals surface area contributed by atoms with Gasteiger partial charge < -0.3 is 13.7 Å². The number of fused-ring (bicyclic) bond motifs is 17. The predicted octanol–water partition coefficient (Wildman–Crippen LogP) is 14.3. The monoisotopic (exact) mass is 784 g/mol. The van der Waals surface area contributed by atoms with Gasteiger partial charge in [0.15, 0.2) is 5.58 Å². The predicted molar refractivity (Wildman–Crippen MR) is 252 cm³/mol. The Balaban J connectivity index is 1.28. The van der Waals surface area contributed by atoms with E-state index in [0.717, 1.165) is 99.2 Å². The molecule has 0 atom stereocenters. The van der Waals surface area contributed by atoms with Gasteiger partial charge in [0.05, 0.1) is 34.6 Å². The van der Waals surface area contributed by atoms with Crippen molar-refractivity contribution in [3.8, 4) is 28.6 Å². The van der Waals surface area contributed by atoms with E-state index in [9.17, 15) is 0 Å². The third-order valence-electron chi connectivity index (χ3n) is 12.6. The van der Waals surface area contributed by atoms with Crippen LogP contribution in [0, 0.1) is 13.8 Å². The lowest BCUT2D eigenvalue weighted by Gasteiger charge is -2.14. The quantitative estimate of drug-likeness (QED) is 0.178. The number of methoxy groups -OCH3 is 1. The molecule has 0 radical (unpaired) electrons. The molecule has 4 heterocycles. The van der Waals surface area contributed by atoms with Crippen LogP contribution in [0.15, 0.2) is 168 Å². The SMILES string of the molecule is COc1ccc2c(c1)c1c3c4ccc5ccccc5c4n(-c4ccccc4)c3c3ccccc3c1n2-c1nc(-c2cc(C)cc(C)c2)c2oc3ccc4ccccc4c3c2n1. The van der Waals surface area contributed by atoms with Gasteiger partial charge in [0.2, 0.25) is 5.95 Å². The molecule has 0 unspecified atom stereocenters. The fourth-order valence-corrected chi connectivity index (χ4v) is 10.2. The van der Waals surface area contributed by atoms with Crippen LogP contribution >= 0.6 is 0 Å². The molecule has 0 aliphatic rings. The summed E-state index contributed by atoms with van der Waals surface area (Å²) in [6.45, 7) is 4.27. The van der Waals surface area contributed by atoms with Crippen LogP contribution in [0.5, 0.6) is 5.75 Å². The van der Waals surface area contributed by atoms with Gasteiger partial charge in [-0.15, -0.1) is 0 Å². The summed E-state index contributed by atoms with van der Waals surface area (Å²) in [7, 11) is 1.74. The van der Waals surface area contributed by atoms with Gasteiger partial charge in [-0.05, 0) is 78.5 Å². The Bertz CT molecular complexity index is 3980. The molecule has 13 rings (SSSR count). The van der Waals surface area contributed by atoms with Crippen molar-refractivity contribution < 1.29 is 9.15 Å². The highest BCUT2D eigenvalue weighted by molar-refractivity contribution is 6.39. The highest BCUT2D eigenvalue weighted by Gasteiger charge is 2.28.